The van der Waals surface area contributed by atoms with Gasteiger partial charge in [0, 0.05) is 36.6 Å². The lowest BCUT2D eigenvalue weighted by atomic mass is 9.87. The number of hydrogen-bond donors (Lipinski definition) is 2. The van der Waals surface area contributed by atoms with Gasteiger partial charge in [0.25, 0.3) is 0 Å². The van der Waals surface area contributed by atoms with E-state index in [1.807, 2.05) is 48.9 Å². The molecule has 0 bridgehead atoms. The second kappa shape index (κ2) is 8.26. The summed E-state index contributed by atoms with van der Waals surface area (Å²) in [6.07, 6.45) is 6.02. The summed E-state index contributed by atoms with van der Waals surface area (Å²) in [5.74, 6) is 0.616. The van der Waals surface area contributed by atoms with E-state index in [9.17, 15) is 4.79 Å². The molecule has 4 aromatic rings. The minimum Gasteiger partial charge on any atom is -0.359 e. The fourth-order valence-corrected chi connectivity index (χ4v) is 4.99. The van der Waals surface area contributed by atoms with Crippen molar-refractivity contribution in [3.05, 3.63) is 53.0 Å². The number of aromatic nitrogens is 6. The van der Waals surface area contributed by atoms with Crippen LogP contribution >= 0.6 is 15.9 Å². The van der Waals surface area contributed by atoms with Crippen molar-refractivity contribution in [1.29, 1.82) is 0 Å². The summed E-state index contributed by atoms with van der Waals surface area (Å²) in [6, 6.07) is 10.1. The molecule has 9 nitrogen and oxygen atoms in total. The molecule has 2 atom stereocenters. The number of carbonyl (C=O) groups excluding carboxylic acids is 1. The van der Waals surface area contributed by atoms with E-state index < -0.39 is 0 Å². The van der Waals surface area contributed by atoms with Gasteiger partial charge in [0.05, 0.1) is 16.8 Å². The quantitative estimate of drug-likeness (QED) is 0.425. The third-order valence-electron chi connectivity index (χ3n) is 6.40. The van der Waals surface area contributed by atoms with E-state index in [0.717, 1.165) is 41.7 Å². The van der Waals surface area contributed by atoms with Crippen LogP contribution in [-0.2, 0) is 4.79 Å². The van der Waals surface area contributed by atoms with Gasteiger partial charge in [0.1, 0.15) is 4.60 Å². The van der Waals surface area contributed by atoms with Crippen molar-refractivity contribution >= 4 is 38.8 Å². The topological polar surface area (TPSA) is 103 Å². The van der Waals surface area contributed by atoms with E-state index >= 15 is 0 Å². The van der Waals surface area contributed by atoms with Crippen molar-refractivity contribution in [2.24, 2.45) is 5.41 Å². The fraction of sp³-hybridized carbons (Fsp3) is 0.348. The van der Waals surface area contributed by atoms with E-state index in [0.29, 0.717) is 16.2 Å². The summed E-state index contributed by atoms with van der Waals surface area (Å²) in [5.41, 5.74) is 3.27. The van der Waals surface area contributed by atoms with Gasteiger partial charge in [-0.2, -0.15) is 15.2 Å². The number of amides is 1. The number of benzene rings is 1. The molecule has 33 heavy (non-hydrogen) atoms. The highest BCUT2D eigenvalue weighted by Gasteiger charge is 2.40. The Morgan fingerprint density at radius 2 is 1.91 bits per heavy atom. The molecule has 170 valence electrons. The molecule has 1 aliphatic carbocycles. The van der Waals surface area contributed by atoms with Crippen molar-refractivity contribution < 1.29 is 4.79 Å². The van der Waals surface area contributed by atoms with Crippen molar-refractivity contribution in [3.8, 4) is 11.4 Å². The predicted octanol–water partition coefficient (Wildman–Crippen LogP) is 3.79. The molecular weight excluding hydrogens is 484 g/mol. The highest BCUT2D eigenvalue weighted by molar-refractivity contribution is 9.10. The van der Waals surface area contributed by atoms with Crippen LogP contribution in [0.1, 0.15) is 31.9 Å². The Kier molecular flexibility index (Phi) is 5.40. The number of nitrogens with one attached hydrogen (secondary N) is 2. The van der Waals surface area contributed by atoms with Crippen LogP contribution in [0.5, 0.6) is 0 Å². The molecular formula is C23H25BrN8O. The first-order valence-electron chi connectivity index (χ1n) is 10.9. The molecule has 0 spiro atoms. The number of aryl methyl sites for hydroxylation is 1. The second-order valence-electron chi connectivity index (χ2n) is 8.76. The number of nitrogens with zero attached hydrogens (tertiary/aromatic N) is 6. The zero-order chi connectivity index (χ0) is 23.2. The van der Waals surface area contributed by atoms with Crippen molar-refractivity contribution in [2.75, 3.05) is 12.4 Å². The highest BCUT2D eigenvalue weighted by atomic mass is 79.9. The lowest BCUT2D eigenvalue weighted by Crippen LogP contribution is -2.35. The molecule has 0 radical (unpaired) electrons. The van der Waals surface area contributed by atoms with Gasteiger partial charge in [0.2, 0.25) is 11.9 Å². The van der Waals surface area contributed by atoms with E-state index in [-0.39, 0.29) is 17.4 Å². The Labute approximate surface area is 199 Å². The van der Waals surface area contributed by atoms with Gasteiger partial charge < -0.3 is 10.6 Å². The Hall–Kier alpha value is -3.27. The van der Waals surface area contributed by atoms with Crippen LogP contribution in [0.15, 0.2) is 47.3 Å². The summed E-state index contributed by atoms with van der Waals surface area (Å²) in [4.78, 5) is 21.5. The molecule has 5 rings (SSSR count). The molecule has 0 aliphatic heterocycles. The SMILES string of the molecule is CNC(=O)[C@]1(C)CC[C@@H](Nc2ncc3c(Br)nn(-c4ccc(-n5nccc5C)cc4)c3n2)C1. The van der Waals surface area contributed by atoms with Crippen LogP contribution in [-0.4, -0.2) is 48.5 Å². The van der Waals surface area contributed by atoms with E-state index in [4.69, 9.17) is 4.98 Å². The number of fused-ring (bicyclic) bond motifs is 1. The summed E-state index contributed by atoms with van der Waals surface area (Å²) in [6.45, 7) is 4.03. The Morgan fingerprint density at radius 1 is 1.18 bits per heavy atom. The number of carbonyl (C=O) groups is 1. The van der Waals surface area contributed by atoms with Crippen LogP contribution < -0.4 is 10.6 Å². The molecule has 0 saturated heterocycles. The molecule has 1 saturated carbocycles. The summed E-state index contributed by atoms with van der Waals surface area (Å²) in [7, 11) is 1.69. The second-order valence-corrected chi connectivity index (χ2v) is 9.51. The Bertz CT molecular complexity index is 1330. The van der Waals surface area contributed by atoms with Gasteiger partial charge in [0.15, 0.2) is 5.65 Å². The Morgan fingerprint density at radius 3 is 2.58 bits per heavy atom. The largest absolute Gasteiger partial charge is 0.359 e. The molecule has 0 unspecified atom stereocenters. The smallest absolute Gasteiger partial charge is 0.225 e. The van der Waals surface area contributed by atoms with Gasteiger partial charge in [-0.15, -0.1) is 0 Å². The van der Waals surface area contributed by atoms with E-state index in [1.165, 1.54) is 0 Å². The number of anilines is 1. The zero-order valence-corrected chi connectivity index (χ0v) is 20.3. The van der Waals surface area contributed by atoms with Crippen molar-refractivity contribution in [1.82, 2.24) is 34.8 Å². The first-order valence-corrected chi connectivity index (χ1v) is 11.7. The first-order chi connectivity index (χ1) is 15.9. The van der Waals surface area contributed by atoms with Gasteiger partial charge >= 0.3 is 0 Å². The van der Waals surface area contributed by atoms with Gasteiger partial charge in [-0.1, -0.05) is 6.92 Å². The van der Waals surface area contributed by atoms with Crippen LogP contribution in [0, 0.1) is 12.3 Å². The standard InChI is InChI=1S/C23H25BrN8O/c1-14-9-11-27-31(14)16-4-6-17(7-5-16)32-20-18(19(24)30-32)13-26-22(29-20)28-15-8-10-23(2,12-15)21(33)25-3/h4-7,9,11,13,15H,8,10,12H2,1-3H3,(H,25,33)(H,26,28,29)/t15-,23-/m1/s1. The van der Waals surface area contributed by atoms with E-state index in [2.05, 4.69) is 41.7 Å². The van der Waals surface area contributed by atoms with Crippen LogP contribution in [0.4, 0.5) is 5.95 Å². The maximum atomic E-state index is 12.2. The van der Waals surface area contributed by atoms with Crippen molar-refractivity contribution in [3.63, 3.8) is 0 Å². The Balaban J connectivity index is 1.42. The van der Waals surface area contributed by atoms with Crippen LogP contribution in [0.3, 0.4) is 0 Å². The molecule has 1 fully saturated rings. The van der Waals surface area contributed by atoms with Gasteiger partial charge in [-0.05, 0) is 72.4 Å². The summed E-state index contributed by atoms with van der Waals surface area (Å²) in [5, 5.41) is 16.0. The molecule has 1 aromatic carbocycles. The fourth-order valence-electron chi connectivity index (χ4n) is 4.55. The van der Waals surface area contributed by atoms with Crippen LogP contribution in [0.2, 0.25) is 0 Å². The molecule has 2 N–H and O–H groups in total. The third-order valence-corrected chi connectivity index (χ3v) is 6.99. The molecule has 3 aromatic heterocycles. The number of hydrogen-bond acceptors (Lipinski definition) is 6. The molecule has 1 aliphatic rings. The normalized spacial score (nSPS) is 20.3. The monoisotopic (exact) mass is 508 g/mol. The molecule has 10 heteroatoms. The lowest BCUT2D eigenvalue weighted by Gasteiger charge is -2.22. The maximum Gasteiger partial charge on any atom is 0.225 e. The zero-order valence-electron chi connectivity index (χ0n) is 18.7. The third kappa shape index (κ3) is 3.88. The van der Waals surface area contributed by atoms with Gasteiger partial charge in [-0.3, -0.25) is 4.79 Å². The van der Waals surface area contributed by atoms with E-state index in [1.54, 1.807) is 24.1 Å². The predicted molar refractivity (Wildman–Crippen MR) is 130 cm³/mol. The highest BCUT2D eigenvalue weighted by Crippen LogP contribution is 2.39. The minimum absolute atomic E-state index is 0.0823. The molecule has 1 amide bonds. The number of rotatable bonds is 5. The first kappa shape index (κ1) is 21.6. The average Bonchev–Trinajstić information content (AvgIpc) is 3.51. The summed E-state index contributed by atoms with van der Waals surface area (Å²) < 4.78 is 4.37. The number of halogens is 1. The van der Waals surface area contributed by atoms with Gasteiger partial charge in [-0.25, -0.2) is 14.3 Å². The van der Waals surface area contributed by atoms with Crippen LogP contribution in [0.25, 0.3) is 22.4 Å². The molecule has 3 heterocycles. The van der Waals surface area contributed by atoms with Crippen molar-refractivity contribution in [2.45, 2.75) is 39.2 Å². The minimum atomic E-state index is -0.365. The summed E-state index contributed by atoms with van der Waals surface area (Å²) >= 11 is 3.53. The maximum absolute atomic E-state index is 12.2. The average molecular weight is 509 g/mol. The lowest BCUT2D eigenvalue weighted by molar-refractivity contribution is -0.129.